The second-order valence-electron chi connectivity index (χ2n) is 7.62. The van der Waals surface area contributed by atoms with Crippen molar-refractivity contribution in [3.8, 4) is 5.75 Å². The van der Waals surface area contributed by atoms with Crippen molar-refractivity contribution < 1.29 is 50.8 Å². The van der Waals surface area contributed by atoms with Crippen LogP contribution in [0.15, 0.2) is 36.5 Å². The molecule has 4 atom stereocenters. The lowest BCUT2D eigenvalue weighted by atomic mass is 9.85. The van der Waals surface area contributed by atoms with Gasteiger partial charge in [-0.2, -0.15) is 26.3 Å². The largest absolute Gasteiger partial charge is 0.496 e. The summed E-state index contributed by atoms with van der Waals surface area (Å²) in [4.78, 5) is 13.9. The van der Waals surface area contributed by atoms with E-state index in [2.05, 4.69) is 10.3 Å². The molecule has 2 aromatic rings. The molecule has 4 unspecified atom stereocenters. The molecule has 1 saturated heterocycles. The molecule has 1 aliphatic heterocycles. The molecule has 0 radical (unpaired) electrons. The molecule has 7 nitrogen and oxygen atoms in total. The maximum atomic E-state index is 13.0. The molecule has 1 amide bonds. The molecule has 0 bridgehead atoms. The highest BCUT2D eigenvalue weighted by Gasteiger charge is 2.51. The number of nitrogens with one attached hydrogen (secondary N) is 1. The molecule has 1 fully saturated rings. The van der Waals surface area contributed by atoms with Gasteiger partial charge in [0.05, 0.1) is 43.5 Å². The minimum absolute atomic E-state index is 0.0802. The van der Waals surface area contributed by atoms with Crippen LogP contribution in [-0.2, 0) is 15.7 Å². The van der Waals surface area contributed by atoms with Crippen molar-refractivity contribution in [2.24, 2.45) is 5.92 Å². The van der Waals surface area contributed by atoms with Crippen LogP contribution < -0.4 is 10.1 Å². The van der Waals surface area contributed by atoms with E-state index < -0.39 is 47.7 Å². The first kappa shape index (κ1) is 28.3. The number of pyridine rings is 1. The molecule has 1 aromatic carbocycles. The summed E-state index contributed by atoms with van der Waals surface area (Å²) in [6.07, 6.45) is -10.2. The number of carbonyl (C=O) groups excluding carboxylic acids is 1. The van der Waals surface area contributed by atoms with E-state index in [9.17, 15) is 31.1 Å². The van der Waals surface area contributed by atoms with Crippen LogP contribution in [0.5, 0.6) is 5.75 Å². The molecule has 35 heavy (non-hydrogen) atoms. The Morgan fingerprint density at radius 3 is 2.37 bits per heavy atom. The molecule has 2 heterocycles. The van der Waals surface area contributed by atoms with Crippen LogP contribution in [0.3, 0.4) is 0 Å². The van der Waals surface area contributed by atoms with Gasteiger partial charge in [0.2, 0.25) is 6.41 Å². The number of aromatic nitrogens is 1. The summed E-state index contributed by atoms with van der Waals surface area (Å²) in [6.45, 7) is 0.645. The fourth-order valence-corrected chi connectivity index (χ4v) is 3.63. The molecule has 1 aliphatic rings. The summed E-state index contributed by atoms with van der Waals surface area (Å²) >= 11 is 0. The molecule has 0 aliphatic carbocycles. The number of rotatable bonds is 6. The Morgan fingerprint density at radius 1 is 1.23 bits per heavy atom. The predicted molar refractivity (Wildman–Crippen MR) is 112 cm³/mol. The van der Waals surface area contributed by atoms with Crippen LogP contribution in [0.1, 0.15) is 35.8 Å². The highest BCUT2D eigenvalue weighted by molar-refractivity contribution is 5.70. The van der Waals surface area contributed by atoms with Crippen LogP contribution >= 0.6 is 0 Å². The van der Waals surface area contributed by atoms with Gasteiger partial charge >= 0.3 is 12.4 Å². The van der Waals surface area contributed by atoms with E-state index in [0.717, 1.165) is 19.2 Å². The zero-order chi connectivity index (χ0) is 26.4. The van der Waals surface area contributed by atoms with E-state index in [1.165, 1.54) is 25.3 Å². The second kappa shape index (κ2) is 11.7. The number of halogens is 6. The Balaban J connectivity index is 0.000000283. The Kier molecular flexibility index (Phi) is 9.46. The summed E-state index contributed by atoms with van der Waals surface area (Å²) in [7, 11) is 1.07. The van der Waals surface area contributed by atoms with Crippen LogP contribution in [0, 0.1) is 5.92 Å². The van der Waals surface area contributed by atoms with Gasteiger partial charge < -0.3 is 25.0 Å². The number of anilines is 1. The lowest BCUT2D eigenvalue weighted by Crippen LogP contribution is -2.33. The standard InChI is InChI=1S/C14H14F6O2.C8H10N2O3/c1-7-9(6-22-12(7)14(18,19)20)8-4-3-5-10(11(8)21-2)13(15,16)17;11-4-8(13)7-2-1-6(3-9-7)10-5-12/h3-5,7,9,12H,6H2,1-2H3;1-3,5,8,11,13H,4H2,(H,10,12). The Bertz CT molecular complexity index is 968. The summed E-state index contributed by atoms with van der Waals surface area (Å²) in [6, 6.07) is 6.47. The molecule has 3 N–H and O–H groups in total. The molecule has 3 rings (SSSR count). The molecular weight excluding hydrogens is 486 g/mol. The van der Waals surface area contributed by atoms with Crippen molar-refractivity contribution >= 4 is 12.1 Å². The smallest absolute Gasteiger partial charge is 0.419 e. The van der Waals surface area contributed by atoms with Crippen LogP contribution in [0.4, 0.5) is 32.0 Å². The van der Waals surface area contributed by atoms with Gasteiger partial charge in [0.1, 0.15) is 11.9 Å². The number of methoxy groups -OCH3 is 1. The zero-order valence-corrected chi connectivity index (χ0v) is 18.6. The number of amides is 1. The van der Waals surface area contributed by atoms with Crippen molar-refractivity contribution in [3.63, 3.8) is 0 Å². The van der Waals surface area contributed by atoms with E-state index in [0.29, 0.717) is 17.8 Å². The normalized spacial score (nSPS) is 21.0. The van der Waals surface area contributed by atoms with Crippen molar-refractivity contribution in [2.45, 2.75) is 37.4 Å². The van der Waals surface area contributed by atoms with Crippen LogP contribution in [0.2, 0.25) is 0 Å². The first-order chi connectivity index (χ1) is 16.3. The van der Waals surface area contributed by atoms with Gasteiger partial charge in [-0.15, -0.1) is 0 Å². The number of alkyl halides is 6. The average Bonchev–Trinajstić information content (AvgIpc) is 3.20. The summed E-state index contributed by atoms with van der Waals surface area (Å²) < 4.78 is 87.0. The summed E-state index contributed by atoms with van der Waals surface area (Å²) in [5.41, 5.74) is -0.00503. The topological polar surface area (TPSA) is 101 Å². The van der Waals surface area contributed by atoms with E-state index in [4.69, 9.17) is 19.7 Å². The monoisotopic (exact) mass is 510 g/mol. The van der Waals surface area contributed by atoms with Crippen molar-refractivity contribution in [3.05, 3.63) is 53.3 Å². The minimum Gasteiger partial charge on any atom is -0.496 e. The van der Waals surface area contributed by atoms with Gasteiger partial charge in [0.25, 0.3) is 0 Å². The van der Waals surface area contributed by atoms with E-state index in [-0.39, 0.29) is 18.8 Å². The molecule has 0 saturated carbocycles. The van der Waals surface area contributed by atoms with Gasteiger partial charge in [-0.3, -0.25) is 9.78 Å². The third-order valence-electron chi connectivity index (χ3n) is 5.37. The number of ether oxygens (including phenoxy) is 2. The molecule has 0 spiro atoms. The Labute approximate surface area is 196 Å². The number of nitrogens with zero attached hydrogens (tertiary/aromatic N) is 1. The SMILES string of the molecule is COc1c(C2COC(C(F)(F)F)C2C)cccc1C(F)(F)F.O=CNc1ccc(C(O)CO)nc1. The number of hydrogen-bond donors (Lipinski definition) is 3. The van der Waals surface area contributed by atoms with Crippen LogP contribution in [0.25, 0.3) is 0 Å². The fourth-order valence-electron chi connectivity index (χ4n) is 3.63. The first-order valence-corrected chi connectivity index (χ1v) is 10.2. The second-order valence-corrected chi connectivity index (χ2v) is 7.62. The van der Waals surface area contributed by atoms with E-state index in [1.807, 2.05) is 0 Å². The minimum atomic E-state index is -4.65. The lowest BCUT2D eigenvalue weighted by molar-refractivity contribution is -0.215. The van der Waals surface area contributed by atoms with E-state index in [1.54, 1.807) is 6.07 Å². The van der Waals surface area contributed by atoms with Gasteiger partial charge in [-0.05, 0) is 18.2 Å². The van der Waals surface area contributed by atoms with Crippen molar-refractivity contribution in [1.29, 1.82) is 0 Å². The molecule has 194 valence electrons. The van der Waals surface area contributed by atoms with Crippen molar-refractivity contribution in [2.75, 3.05) is 25.6 Å². The molecule has 13 heteroatoms. The van der Waals surface area contributed by atoms with Gasteiger partial charge in [-0.25, -0.2) is 0 Å². The zero-order valence-electron chi connectivity index (χ0n) is 18.6. The number of carbonyl (C=O) groups is 1. The maximum absolute atomic E-state index is 13.0. The van der Waals surface area contributed by atoms with E-state index >= 15 is 0 Å². The first-order valence-electron chi connectivity index (χ1n) is 10.2. The number of hydrogen-bond acceptors (Lipinski definition) is 6. The number of benzene rings is 1. The highest BCUT2D eigenvalue weighted by atomic mass is 19.4. The summed E-state index contributed by atoms with van der Waals surface area (Å²) in [5.74, 6) is -2.26. The fraction of sp³-hybridized carbons (Fsp3) is 0.455. The number of aliphatic hydroxyl groups excluding tert-OH is 2. The molecular formula is C22H24F6N2O5. The molecule has 1 aromatic heterocycles. The van der Waals surface area contributed by atoms with Gasteiger partial charge in [0, 0.05) is 17.4 Å². The lowest BCUT2D eigenvalue weighted by Gasteiger charge is -2.23. The van der Waals surface area contributed by atoms with Gasteiger partial charge in [-0.1, -0.05) is 19.1 Å². The Morgan fingerprint density at radius 2 is 1.91 bits per heavy atom. The van der Waals surface area contributed by atoms with Crippen molar-refractivity contribution in [1.82, 2.24) is 4.98 Å². The van der Waals surface area contributed by atoms with Crippen LogP contribution in [-0.4, -0.2) is 54.2 Å². The quantitative estimate of drug-likeness (QED) is 0.400. The Hall–Kier alpha value is -2.90. The predicted octanol–water partition coefficient (Wildman–Crippen LogP) is 4.07. The third kappa shape index (κ3) is 7.05. The highest BCUT2D eigenvalue weighted by Crippen LogP contribution is 2.47. The van der Waals surface area contributed by atoms with Gasteiger partial charge in [0.15, 0.2) is 6.10 Å². The third-order valence-corrected chi connectivity index (χ3v) is 5.37. The maximum Gasteiger partial charge on any atom is 0.419 e. The average molecular weight is 510 g/mol. The number of aliphatic hydroxyl groups is 2. The summed E-state index contributed by atoms with van der Waals surface area (Å²) in [5, 5.41) is 20.2. The number of para-hydroxylation sites is 1.